The average Bonchev–Trinajstić information content (AvgIpc) is 3.63. The second kappa shape index (κ2) is 10.2. The summed E-state index contributed by atoms with van der Waals surface area (Å²) in [6.07, 6.45) is 11.0. The highest BCUT2D eigenvalue weighted by Gasteiger charge is 2.27. The third kappa shape index (κ3) is 5.22. The fourth-order valence-corrected chi connectivity index (χ4v) is 4.38. The van der Waals surface area contributed by atoms with Crippen molar-refractivity contribution in [2.75, 3.05) is 12.4 Å². The summed E-state index contributed by atoms with van der Waals surface area (Å²) in [5, 5.41) is 6.90. The number of methoxy groups -OCH3 is 1. The van der Waals surface area contributed by atoms with E-state index >= 15 is 0 Å². The van der Waals surface area contributed by atoms with Crippen molar-refractivity contribution in [3.05, 3.63) is 78.4 Å². The number of nitrogens with one attached hydrogen (secondary N) is 2. The Morgan fingerprint density at radius 1 is 1.14 bits per heavy atom. The van der Waals surface area contributed by atoms with Crippen LogP contribution in [0.2, 0.25) is 0 Å². The molecule has 0 radical (unpaired) electrons. The first-order valence-corrected chi connectivity index (χ1v) is 12.2. The largest absolute Gasteiger partial charge is 0.481 e. The predicted octanol–water partition coefficient (Wildman–Crippen LogP) is 4.66. The Morgan fingerprint density at radius 2 is 2.00 bits per heavy atom. The average molecular weight is 484 g/mol. The van der Waals surface area contributed by atoms with E-state index in [9.17, 15) is 9.59 Å². The van der Waals surface area contributed by atoms with Crippen molar-refractivity contribution in [1.82, 2.24) is 19.9 Å². The maximum Gasteiger partial charge on any atom is 0.252 e. The van der Waals surface area contributed by atoms with Gasteiger partial charge in [0.25, 0.3) is 5.91 Å². The molecule has 1 aliphatic carbocycles. The predicted molar refractivity (Wildman–Crippen MR) is 138 cm³/mol. The molecule has 2 amide bonds. The standard InChI is InChI=1S/C28H29N5O3/c1-18-15-22(33-14-12-20-16-29-13-11-25(20)33)7-8-23(18)27(34)32-24(9-5-19-3-4-19)28(35)31-21-6-10-26(36-2)30-17-21/h6-8,10-17,19,24H,3-5,9H2,1-2H3,(H,31,35)(H,32,34). The van der Waals surface area contributed by atoms with Crippen LogP contribution in [-0.4, -0.2) is 39.5 Å². The molecule has 36 heavy (non-hydrogen) atoms. The summed E-state index contributed by atoms with van der Waals surface area (Å²) in [6, 6.07) is 12.5. The first kappa shape index (κ1) is 23.5. The van der Waals surface area contributed by atoms with Gasteiger partial charge in [0.1, 0.15) is 6.04 Å². The van der Waals surface area contributed by atoms with Gasteiger partial charge in [-0.2, -0.15) is 0 Å². The molecule has 8 heteroatoms. The van der Waals surface area contributed by atoms with E-state index in [0.29, 0.717) is 29.5 Å². The summed E-state index contributed by atoms with van der Waals surface area (Å²) in [5.74, 6) is 0.602. The Balaban J connectivity index is 1.32. The van der Waals surface area contributed by atoms with Crippen LogP contribution in [-0.2, 0) is 4.79 Å². The van der Waals surface area contributed by atoms with Crippen LogP contribution in [0.25, 0.3) is 16.6 Å². The lowest BCUT2D eigenvalue weighted by atomic mass is 10.0. The molecular formula is C28H29N5O3. The summed E-state index contributed by atoms with van der Waals surface area (Å²) in [7, 11) is 1.54. The van der Waals surface area contributed by atoms with Crippen molar-refractivity contribution in [3.8, 4) is 11.6 Å². The molecule has 3 aromatic heterocycles. The van der Waals surface area contributed by atoms with Crippen molar-refractivity contribution in [1.29, 1.82) is 0 Å². The molecule has 1 unspecified atom stereocenters. The molecule has 0 bridgehead atoms. The van der Waals surface area contributed by atoms with Crippen molar-refractivity contribution in [3.63, 3.8) is 0 Å². The smallest absolute Gasteiger partial charge is 0.252 e. The number of carbonyl (C=O) groups is 2. The van der Waals surface area contributed by atoms with Crippen molar-refractivity contribution in [2.24, 2.45) is 5.92 Å². The lowest BCUT2D eigenvalue weighted by Gasteiger charge is -2.19. The third-order valence-corrected chi connectivity index (χ3v) is 6.62. The van der Waals surface area contributed by atoms with Crippen molar-refractivity contribution in [2.45, 2.75) is 38.6 Å². The van der Waals surface area contributed by atoms with Gasteiger partial charge in [-0.15, -0.1) is 0 Å². The van der Waals surface area contributed by atoms with Gasteiger partial charge >= 0.3 is 0 Å². The molecule has 4 aromatic rings. The number of nitrogens with zero attached hydrogens (tertiary/aromatic N) is 3. The second-order valence-corrected chi connectivity index (χ2v) is 9.24. The normalized spacial score (nSPS) is 13.8. The monoisotopic (exact) mass is 483 g/mol. The fourth-order valence-electron chi connectivity index (χ4n) is 4.38. The van der Waals surface area contributed by atoms with Crippen LogP contribution in [0.1, 0.15) is 41.6 Å². The topological polar surface area (TPSA) is 98.1 Å². The SMILES string of the molecule is COc1ccc(NC(=O)C(CCC2CC2)NC(=O)c2ccc(-n3ccc4cnccc43)cc2C)cn1. The summed E-state index contributed by atoms with van der Waals surface area (Å²) >= 11 is 0. The van der Waals surface area contributed by atoms with Crippen molar-refractivity contribution >= 4 is 28.4 Å². The van der Waals surface area contributed by atoms with Crippen LogP contribution in [0.15, 0.2) is 67.3 Å². The number of anilines is 1. The van der Waals surface area contributed by atoms with Gasteiger partial charge in [-0.25, -0.2) is 4.98 Å². The quantitative estimate of drug-likeness (QED) is 0.361. The van der Waals surface area contributed by atoms with Crippen LogP contribution < -0.4 is 15.4 Å². The van der Waals surface area contributed by atoms with E-state index in [1.165, 1.54) is 20.0 Å². The minimum Gasteiger partial charge on any atom is -0.481 e. The van der Waals surface area contributed by atoms with Crippen LogP contribution >= 0.6 is 0 Å². The highest BCUT2D eigenvalue weighted by Crippen LogP contribution is 2.34. The van der Waals surface area contributed by atoms with Crippen LogP contribution in [0, 0.1) is 12.8 Å². The van der Waals surface area contributed by atoms with E-state index in [1.807, 2.05) is 49.6 Å². The zero-order valence-corrected chi connectivity index (χ0v) is 20.4. The van der Waals surface area contributed by atoms with E-state index in [2.05, 4.69) is 25.2 Å². The van der Waals surface area contributed by atoms with E-state index < -0.39 is 6.04 Å². The van der Waals surface area contributed by atoms with E-state index in [4.69, 9.17) is 4.74 Å². The number of hydrogen-bond acceptors (Lipinski definition) is 5. The number of amides is 2. The Labute approximate surface area is 209 Å². The van der Waals surface area contributed by atoms with E-state index in [-0.39, 0.29) is 11.8 Å². The molecule has 0 aliphatic heterocycles. The lowest BCUT2D eigenvalue weighted by molar-refractivity contribution is -0.118. The molecule has 2 N–H and O–H groups in total. The summed E-state index contributed by atoms with van der Waals surface area (Å²) in [5.41, 5.74) is 3.95. The molecule has 3 heterocycles. The zero-order chi connectivity index (χ0) is 25.1. The van der Waals surface area contributed by atoms with E-state index in [1.54, 1.807) is 24.5 Å². The second-order valence-electron chi connectivity index (χ2n) is 9.24. The van der Waals surface area contributed by atoms with Gasteiger partial charge < -0.3 is 19.9 Å². The zero-order valence-electron chi connectivity index (χ0n) is 20.4. The Kier molecular flexibility index (Phi) is 6.66. The molecule has 8 nitrogen and oxygen atoms in total. The number of ether oxygens (including phenoxy) is 1. The molecule has 5 rings (SSSR count). The number of aryl methyl sites for hydroxylation is 1. The first-order chi connectivity index (χ1) is 17.5. The van der Waals surface area contributed by atoms with Gasteiger partial charge in [-0.3, -0.25) is 14.6 Å². The van der Waals surface area contributed by atoms with Gasteiger partial charge in [0.15, 0.2) is 0 Å². The van der Waals surface area contributed by atoms with Gasteiger partial charge in [0, 0.05) is 41.3 Å². The molecule has 1 aliphatic rings. The molecule has 0 saturated heterocycles. The molecular weight excluding hydrogens is 454 g/mol. The van der Waals surface area contributed by atoms with Crippen LogP contribution in [0.5, 0.6) is 5.88 Å². The maximum absolute atomic E-state index is 13.3. The minimum atomic E-state index is -0.639. The highest BCUT2D eigenvalue weighted by molar-refractivity contribution is 6.02. The molecule has 184 valence electrons. The van der Waals surface area contributed by atoms with Crippen LogP contribution in [0.3, 0.4) is 0 Å². The van der Waals surface area contributed by atoms with Gasteiger partial charge in [0.2, 0.25) is 11.8 Å². The Morgan fingerprint density at radius 3 is 2.72 bits per heavy atom. The number of hydrogen-bond donors (Lipinski definition) is 2. The van der Waals surface area contributed by atoms with Gasteiger partial charge in [-0.1, -0.05) is 12.8 Å². The van der Waals surface area contributed by atoms with Crippen LogP contribution in [0.4, 0.5) is 5.69 Å². The number of fused-ring (bicyclic) bond motifs is 1. The number of rotatable bonds is 9. The number of carbonyl (C=O) groups excluding carboxylic acids is 2. The molecule has 1 atom stereocenters. The minimum absolute atomic E-state index is 0.252. The number of aromatic nitrogens is 3. The highest BCUT2D eigenvalue weighted by atomic mass is 16.5. The summed E-state index contributed by atoms with van der Waals surface area (Å²) in [6.45, 7) is 1.91. The molecule has 1 fully saturated rings. The maximum atomic E-state index is 13.3. The molecule has 1 saturated carbocycles. The first-order valence-electron chi connectivity index (χ1n) is 12.2. The lowest BCUT2D eigenvalue weighted by Crippen LogP contribution is -2.44. The summed E-state index contributed by atoms with van der Waals surface area (Å²) < 4.78 is 7.14. The van der Waals surface area contributed by atoms with E-state index in [0.717, 1.165) is 28.6 Å². The van der Waals surface area contributed by atoms with Crippen molar-refractivity contribution < 1.29 is 14.3 Å². The third-order valence-electron chi connectivity index (χ3n) is 6.62. The molecule has 0 spiro atoms. The Bertz CT molecular complexity index is 1390. The number of pyridine rings is 2. The fraction of sp³-hybridized carbons (Fsp3) is 0.286. The summed E-state index contributed by atoms with van der Waals surface area (Å²) in [4.78, 5) is 34.6. The van der Waals surface area contributed by atoms with Gasteiger partial charge in [-0.05, 0) is 67.6 Å². The molecule has 1 aromatic carbocycles. The Hall–Kier alpha value is -4.20. The van der Waals surface area contributed by atoms with Gasteiger partial charge in [0.05, 0.1) is 24.5 Å². The number of benzene rings is 1.